The molecule has 0 radical (unpaired) electrons. The molecule has 0 bridgehead atoms. The molecule has 1 aromatic rings. The third-order valence-electron chi connectivity index (χ3n) is 2.80. The van der Waals surface area contributed by atoms with Crippen molar-refractivity contribution >= 4 is 17.3 Å². The lowest BCUT2D eigenvalue weighted by Gasteiger charge is -2.33. The molecule has 1 aliphatic heterocycles. The van der Waals surface area contributed by atoms with Gasteiger partial charge in [0, 0.05) is 6.04 Å². The Morgan fingerprint density at radius 3 is 2.56 bits per heavy atom. The molecule has 0 spiro atoms. The molecule has 0 aromatic carbocycles. The van der Waals surface area contributed by atoms with Crippen LogP contribution >= 0.6 is 11.6 Å². The summed E-state index contributed by atoms with van der Waals surface area (Å²) < 4.78 is 5.70. The monoisotopic (exact) mass is 240 g/mol. The number of hydrogen-bond acceptors (Lipinski definition) is 3. The lowest BCUT2D eigenvalue weighted by atomic mass is 10.00. The molecule has 16 heavy (non-hydrogen) atoms. The van der Waals surface area contributed by atoms with Crippen LogP contribution < -0.4 is 5.32 Å². The van der Waals surface area contributed by atoms with Gasteiger partial charge < -0.3 is 10.1 Å². The first-order valence-corrected chi connectivity index (χ1v) is 6.05. The van der Waals surface area contributed by atoms with E-state index in [-0.39, 0.29) is 0 Å². The third-order valence-corrected chi connectivity index (χ3v) is 3.02. The van der Waals surface area contributed by atoms with Gasteiger partial charge in [-0.1, -0.05) is 11.6 Å². The van der Waals surface area contributed by atoms with E-state index < -0.39 is 0 Å². The van der Waals surface area contributed by atoms with Crippen molar-refractivity contribution in [2.24, 2.45) is 0 Å². The van der Waals surface area contributed by atoms with Gasteiger partial charge in [0.05, 0.1) is 24.1 Å². The van der Waals surface area contributed by atoms with Crippen LogP contribution in [0.25, 0.3) is 0 Å². The predicted molar refractivity (Wildman–Crippen MR) is 65.9 cm³/mol. The van der Waals surface area contributed by atoms with Crippen molar-refractivity contribution in [2.45, 2.75) is 44.9 Å². The summed E-state index contributed by atoms with van der Waals surface area (Å²) in [6.07, 6.45) is 4.48. The third kappa shape index (κ3) is 3.09. The second-order valence-corrected chi connectivity index (χ2v) is 4.83. The Bertz CT molecular complexity index is 331. The molecular weight excluding hydrogens is 224 g/mol. The number of nitrogens with zero attached hydrogens (tertiary/aromatic N) is 1. The number of hydrogen-bond donors (Lipinski definition) is 1. The molecule has 4 heteroatoms. The fourth-order valence-corrected chi connectivity index (χ4v) is 2.33. The molecule has 3 nitrogen and oxygen atoms in total. The second-order valence-electron chi connectivity index (χ2n) is 4.44. The van der Waals surface area contributed by atoms with Gasteiger partial charge in [-0.25, -0.2) is 4.98 Å². The first-order valence-electron chi connectivity index (χ1n) is 5.67. The highest BCUT2D eigenvalue weighted by Gasteiger charge is 2.24. The first kappa shape index (κ1) is 11.7. The van der Waals surface area contributed by atoms with E-state index in [0.717, 1.165) is 18.5 Å². The van der Waals surface area contributed by atoms with Crippen molar-refractivity contribution in [3.8, 4) is 0 Å². The minimum atomic E-state index is 0.321. The Hall–Kier alpha value is -0.800. The molecule has 2 atom stereocenters. The molecule has 1 N–H and O–H groups in total. The smallest absolute Gasteiger partial charge is 0.129 e. The predicted octanol–water partition coefficient (Wildman–Crippen LogP) is 3.10. The van der Waals surface area contributed by atoms with Gasteiger partial charge in [0.15, 0.2) is 0 Å². The fraction of sp³-hybridized carbons (Fsp3) is 0.583. The zero-order valence-electron chi connectivity index (χ0n) is 9.61. The topological polar surface area (TPSA) is 34.2 Å². The number of nitrogens with one attached hydrogen (secondary N) is 1. The number of pyridine rings is 1. The number of anilines is 1. The highest BCUT2D eigenvalue weighted by Crippen LogP contribution is 2.22. The van der Waals surface area contributed by atoms with E-state index in [4.69, 9.17) is 16.3 Å². The average molecular weight is 241 g/mol. The summed E-state index contributed by atoms with van der Waals surface area (Å²) in [5, 5.41) is 3.99. The molecule has 2 heterocycles. The van der Waals surface area contributed by atoms with E-state index >= 15 is 0 Å². The van der Waals surface area contributed by atoms with E-state index in [1.54, 1.807) is 12.3 Å². The largest absolute Gasteiger partial charge is 0.381 e. The van der Waals surface area contributed by atoms with Crippen molar-refractivity contribution in [3.05, 3.63) is 23.5 Å². The number of aromatic nitrogens is 1. The van der Waals surface area contributed by atoms with Crippen LogP contribution in [-0.4, -0.2) is 23.2 Å². The molecule has 2 rings (SSSR count). The Labute approximate surface area is 101 Å². The summed E-state index contributed by atoms with van der Waals surface area (Å²) >= 11 is 5.74. The maximum Gasteiger partial charge on any atom is 0.129 e. The van der Waals surface area contributed by atoms with Crippen LogP contribution in [0, 0.1) is 0 Å². The molecule has 0 saturated carbocycles. The van der Waals surface area contributed by atoms with Gasteiger partial charge in [0.2, 0.25) is 0 Å². The quantitative estimate of drug-likeness (QED) is 0.807. The van der Waals surface area contributed by atoms with E-state index in [9.17, 15) is 0 Å². The highest BCUT2D eigenvalue weighted by molar-refractivity contribution is 6.29. The highest BCUT2D eigenvalue weighted by atomic mass is 35.5. The van der Waals surface area contributed by atoms with Crippen molar-refractivity contribution in [1.29, 1.82) is 0 Å². The Morgan fingerprint density at radius 2 is 2.00 bits per heavy atom. The minimum absolute atomic E-state index is 0.321. The summed E-state index contributed by atoms with van der Waals surface area (Å²) in [5.74, 6) is 0. The summed E-state index contributed by atoms with van der Waals surface area (Å²) in [4.78, 5) is 4.05. The van der Waals surface area contributed by atoms with Gasteiger partial charge in [-0.2, -0.15) is 0 Å². The molecular formula is C12H17ClN2O. The summed E-state index contributed by atoms with van der Waals surface area (Å²) in [6, 6.07) is 4.22. The van der Waals surface area contributed by atoms with Crippen LogP contribution in [0.15, 0.2) is 18.3 Å². The van der Waals surface area contributed by atoms with Crippen molar-refractivity contribution in [1.82, 2.24) is 4.98 Å². The SMILES string of the molecule is CC1CC(Nc2ccc(Cl)nc2)CC(C)O1. The van der Waals surface area contributed by atoms with Crippen LogP contribution in [0.1, 0.15) is 26.7 Å². The Morgan fingerprint density at radius 1 is 1.31 bits per heavy atom. The maximum absolute atomic E-state index is 5.74. The van der Waals surface area contributed by atoms with Gasteiger partial charge in [-0.05, 0) is 38.8 Å². The van der Waals surface area contributed by atoms with E-state index in [0.29, 0.717) is 23.4 Å². The lowest BCUT2D eigenvalue weighted by Crippen LogP contribution is -2.36. The zero-order valence-corrected chi connectivity index (χ0v) is 10.4. The van der Waals surface area contributed by atoms with Gasteiger partial charge in [0.25, 0.3) is 0 Å². The van der Waals surface area contributed by atoms with Crippen molar-refractivity contribution in [2.75, 3.05) is 5.32 Å². The molecule has 1 aliphatic rings. The lowest BCUT2D eigenvalue weighted by molar-refractivity contribution is -0.0337. The van der Waals surface area contributed by atoms with E-state index in [2.05, 4.69) is 24.1 Å². The molecule has 1 fully saturated rings. The van der Waals surface area contributed by atoms with Gasteiger partial charge >= 0.3 is 0 Å². The number of ether oxygens (including phenoxy) is 1. The van der Waals surface area contributed by atoms with E-state index in [1.807, 2.05) is 6.07 Å². The van der Waals surface area contributed by atoms with Crippen LogP contribution in [0.4, 0.5) is 5.69 Å². The van der Waals surface area contributed by atoms with Gasteiger partial charge in [-0.15, -0.1) is 0 Å². The molecule has 0 amide bonds. The summed E-state index contributed by atoms with van der Waals surface area (Å²) in [7, 11) is 0. The Balaban J connectivity index is 1.96. The van der Waals surface area contributed by atoms with Crippen LogP contribution in [0.3, 0.4) is 0 Å². The molecule has 1 aromatic heterocycles. The average Bonchev–Trinajstić information content (AvgIpc) is 2.20. The van der Waals surface area contributed by atoms with Gasteiger partial charge in [-0.3, -0.25) is 0 Å². The minimum Gasteiger partial charge on any atom is -0.381 e. The fourth-order valence-electron chi connectivity index (χ4n) is 2.22. The Kier molecular flexibility index (Phi) is 3.66. The second kappa shape index (κ2) is 5.02. The molecule has 2 unspecified atom stereocenters. The maximum atomic E-state index is 5.74. The summed E-state index contributed by atoms with van der Waals surface area (Å²) in [6.45, 7) is 4.23. The standard InChI is InChI=1S/C12H17ClN2O/c1-8-5-11(6-9(2)16-8)15-10-3-4-12(13)14-7-10/h3-4,7-9,11,15H,5-6H2,1-2H3. The van der Waals surface area contributed by atoms with Crippen molar-refractivity contribution in [3.63, 3.8) is 0 Å². The van der Waals surface area contributed by atoms with E-state index in [1.165, 1.54) is 0 Å². The normalized spacial score (nSPS) is 30.1. The van der Waals surface area contributed by atoms with Gasteiger partial charge in [0.1, 0.15) is 5.15 Å². The zero-order chi connectivity index (χ0) is 11.5. The van der Waals surface area contributed by atoms with Crippen molar-refractivity contribution < 1.29 is 4.74 Å². The first-order chi connectivity index (χ1) is 7.63. The van der Waals surface area contributed by atoms with Crippen LogP contribution in [0.2, 0.25) is 5.15 Å². The molecule has 1 saturated heterocycles. The van der Waals surface area contributed by atoms with Crippen LogP contribution in [0.5, 0.6) is 0 Å². The summed E-state index contributed by atoms with van der Waals surface area (Å²) in [5.41, 5.74) is 1.02. The van der Waals surface area contributed by atoms with Crippen LogP contribution in [-0.2, 0) is 4.74 Å². The molecule has 88 valence electrons. The molecule has 0 aliphatic carbocycles. The number of halogens is 1. The number of rotatable bonds is 2.